The van der Waals surface area contributed by atoms with Gasteiger partial charge in [0.25, 0.3) is 0 Å². The summed E-state index contributed by atoms with van der Waals surface area (Å²) in [5, 5.41) is 0. The number of ether oxygens (including phenoxy) is 1. The maximum atomic E-state index is 12.3. The van der Waals surface area contributed by atoms with Crippen molar-refractivity contribution in [2.45, 2.75) is 37.9 Å². The van der Waals surface area contributed by atoms with Gasteiger partial charge < -0.3 is 15.4 Å². The molecule has 2 N–H and O–H groups in total. The molecule has 21 heavy (non-hydrogen) atoms. The van der Waals surface area contributed by atoms with E-state index in [0.717, 1.165) is 5.69 Å². The number of hydrogen-bond donors (Lipinski definition) is 1. The first-order chi connectivity index (χ1) is 9.73. The number of methoxy groups -OCH3 is 1. The van der Waals surface area contributed by atoms with Crippen LogP contribution in [-0.4, -0.2) is 32.4 Å². The van der Waals surface area contributed by atoms with Crippen LogP contribution in [0.25, 0.3) is 0 Å². The van der Waals surface area contributed by atoms with Gasteiger partial charge in [0, 0.05) is 25.6 Å². The van der Waals surface area contributed by atoms with E-state index in [4.69, 9.17) is 10.5 Å². The van der Waals surface area contributed by atoms with Crippen LogP contribution in [0.3, 0.4) is 0 Å². The van der Waals surface area contributed by atoms with Crippen LogP contribution in [0.15, 0.2) is 24.3 Å². The van der Waals surface area contributed by atoms with Crippen molar-refractivity contribution in [1.82, 2.24) is 0 Å². The van der Waals surface area contributed by atoms with Gasteiger partial charge in [-0.15, -0.1) is 0 Å². The Morgan fingerprint density at radius 2 is 1.81 bits per heavy atom. The molecule has 0 aliphatic carbocycles. The van der Waals surface area contributed by atoms with Crippen molar-refractivity contribution in [2.75, 3.05) is 25.6 Å². The average molecular weight is 304 g/mol. The number of nitrogens with two attached hydrogens (primary N) is 1. The Bertz CT molecular complexity index is 451. The molecule has 1 aromatic carbocycles. The monoisotopic (exact) mass is 304 g/mol. The summed E-state index contributed by atoms with van der Waals surface area (Å²) in [6, 6.07) is 7.40. The normalized spacial score (nSPS) is 14.6. The topological polar surface area (TPSA) is 38.5 Å². The van der Waals surface area contributed by atoms with Crippen LogP contribution in [0.1, 0.15) is 26.2 Å². The summed E-state index contributed by atoms with van der Waals surface area (Å²) in [5.41, 5.74) is 6.09. The molecule has 1 rings (SSSR count). The molecule has 0 aliphatic rings. The molecule has 0 fully saturated rings. The lowest BCUT2D eigenvalue weighted by molar-refractivity contribution is -0.136. The third-order valence-electron chi connectivity index (χ3n) is 3.87. The van der Waals surface area contributed by atoms with E-state index in [0.29, 0.717) is 12.2 Å². The maximum absolute atomic E-state index is 12.3. The van der Waals surface area contributed by atoms with Gasteiger partial charge in [0.1, 0.15) is 5.75 Å². The lowest BCUT2D eigenvalue weighted by Crippen LogP contribution is -2.50. The molecule has 0 aromatic heterocycles. The summed E-state index contributed by atoms with van der Waals surface area (Å²) in [5.74, 6) is 0.676. The Hall–Kier alpha value is -1.43. The summed E-state index contributed by atoms with van der Waals surface area (Å²) in [4.78, 5) is 1.90. The molecule has 0 aliphatic heterocycles. The Balaban J connectivity index is 2.86. The van der Waals surface area contributed by atoms with Crippen LogP contribution in [0.4, 0.5) is 18.9 Å². The summed E-state index contributed by atoms with van der Waals surface area (Å²) in [6.07, 6.45) is -4.50. The molecule has 0 saturated carbocycles. The smallest absolute Gasteiger partial charge is 0.389 e. The van der Waals surface area contributed by atoms with Crippen molar-refractivity contribution < 1.29 is 17.9 Å². The van der Waals surface area contributed by atoms with Crippen molar-refractivity contribution >= 4 is 5.69 Å². The van der Waals surface area contributed by atoms with Crippen LogP contribution in [-0.2, 0) is 0 Å². The second-order valence-electron chi connectivity index (χ2n) is 5.40. The molecule has 1 atom stereocenters. The van der Waals surface area contributed by atoms with Gasteiger partial charge in [0.15, 0.2) is 0 Å². The van der Waals surface area contributed by atoms with E-state index in [1.807, 2.05) is 43.1 Å². The Labute approximate surface area is 123 Å². The number of alkyl halides is 3. The molecule has 0 saturated heterocycles. The van der Waals surface area contributed by atoms with Crippen molar-refractivity contribution in [3.8, 4) is 5.75 Å². The molecule has 0 bridgehead atoms. The minimum Gasteiger partial charge on any atom is -0.495 e. The Kier molecular flexibility index (Phi) is 5.89. The Morgan fingerprint density at radius 3 is 2.33 bits per heavy atom. The van der Waals surface area contributed by atoms with Gasteiger partial charge in [0.2, 0.25) is 0 Å². The summed E-state index contributed by atoms with van der Waals surface area (Å²) in [6.45, 7) is 2.13. The summed E-state index contributed by atoms with van der Waals surface area (Å²) < 4.78 is 42.2. The first-order valence-electron chi connectivity index (χ1n) is 6.87. The van der Waals surface area contributed by atoms with Gasteiger partial charge in [-0.3, -0.25) is 0 Å². The lowest BCUT2D eigenvalue weighted by atomic mass is 9.92. The molecule has 0 spiro atoms. The molecule has 0 radical (unpaired) electrons. The zero-order chi connectivity index (χ0) is 16.1. The number of benzene rings is 1. The van der Waals surface area contributed by atoms with Crippen molar-refractivity contribution in [1.29, 1.82) is 0 Å². The second-order valence-corrected chi connectivity index (χ2v) is 5.40. The first kappa shape index (κ1) is 17.6. The van der Waals surface area contributed by atoms with Crippen LogP contribution < -0.4 is 15.4 Å². The van der Waals surface area contributed by atoms with E-state index in [2.05, 4.69) is 0 Å². The zero-order valence-electron chi connectivity index (χ0n) is 12.7. The molecule has 0 amide bonds. The fourth-order valence-electron chi connectivity index (χ4n) is 2.27. The number of likely N-dealkylation sites (N-methyl/N-ethyl adjacent to an activating group) is 1. The number of hydrogen-bond acceptors (Lipinski definition) is 3. The van der Waals surface area contributed by atoms with E-state index in [1.165, 1.54) is 0 Å². The number of nitrogens with zero attached hydrogens (tertiary/aromatic N) is 1. The summed E-state index contributed by atoms with van der Waals surface area (Å²) >= 11 is 0. The molecule has 0 heterocycles. The highest BCUT2D eigenvalue weighted by Crippen LogP contribution is 2.34. The predicted molar refractivity (Wildman–Crippen MR) is 78.8 cm³/mol. The van der Waals surface area contributed by atoms with E-state index < -0.39 is 18.1 Å². The van der Waals surface area contributed by atoms with Gasteiger partial charge in [-0.1, -0.05) is 12.1 Å². The highest BCUT2D eigenvalue weighted by molar-refractivity contribution is 5.59. The Morgan fingerprint density at radius 1 is 1.19 bits per heavy atom. The molecular weight excluding hydrogens is 281 g/mol. The average Bonchev–Trinajstić information content (AvgIpc) is 2.44. The zero-order valence-corrected chi connectivity index (χ0v) is 12.7. The van der Waals surface area contributed by atoms with Crippen LogP contribution in [0.2, 0.25) is 0 Å². The molecular formula is C15H23F3N2O. The van der Waals surface area contributed by atoms with Crippen molar-refractivity contribution in [3.63, 3.8) is 0 Å². The standard InChI is InChI=1S/C15H23F3N2O/c1-14(11-19,9-6-10-15(16,17)18)20(2)12-7-4-5-8-13(12)21-3/h4-5,7-8H,6,9-11,19H2,1-3H3. The number of rotatable bonds is 7. The van der Waals surface area contributed by atoms with Crippen molar-refractivity contribution in [2.24, 2.45) is 5.73 Å². The third kappa shape index (κ3) is 4.81. The van der Waals surface area contributed by atoms with Gasteiger partial charge >= 0.3 is 6.18 Å². The van der Waals surface area contributed by atoms with E-state index in [1.54, 1.807) is 7.11 Å². The third-order valence-corrected chi connectivity index (χ3v) is 3.87. The second kappa shape index (κ2) is 7.02. The molecule has 120 valence electrons. The van der Waals surface area contributed by atoms with Crippen LogP contribution in [0.5, 0.6) is 5.75 Å². The fourth-order valence-corrected chi connectivity index (χ4v) is 2.27. The quantitative estimate of drug-likeness (QED) is 0.837. The van der Waals surface area contributed by atoms with Gasteiger partial charge in [0.05, 0.1) is 12.8 Å². The highest BCUT2D eigenvalue weighted by atomic mass is 19.4. The molecule has 1 aromatic rings. The SMILES string of the molecule is COc1ccccc1N(C)C(C)(CN)CCCC(F)(F)F. The largest absolute Gasteiger partial charge is 0.495 e. The van der Waals surface area contributed by atoms with Crippen LogP contribution >= 0.6 is 0 Å². The first-order valence-corrected chi connectivity index (χ1v) is 6.87. The van der Waals surface area contributed by atoms with Crippen molar-refractivity contribution in [3.05, 3.63) is 24.3 Å². The lowest BCUT2D eigenvalue weighted by Gasteiger charge is -2.40. The fraction of sp³-hybridized carbons (Fsp3) is 0.600. The number of halogens is 3. The van der Waals surface area contributed by atoms with E-state index in [-0.39, 0.29) is 13.0 Å². The van der Waals surface area contributed by atoms with Gasteiger partial charge in [-0.25, -0.2) is 0 Å². The van der Waals surface area contributed by atoms with E-state index in [9.17, 15) is 13.2 Å². The summed E-state index contributed by atoms with van der Waals surface area (Å²) in [7, 11) is 3.40. The van der Waals surface area contributed by atoms with Crippen LogP contribution in [0, 0.1) is 0 Å². The molecule has 6 heteroatoms. The molecule has 1 unspecified atom stereocenters. The minimum atomic E-state index is -4.13. The number of para-hydroxylation sites is 2. The van der Waals surface area contributed by atoms with E-state index >= 15 is 0 Å². The molecule has 3 nitrogen and oxygen atoms in total. The predicted octanol–water partition coefficient (Wildman–Crippen LogP) is 3.58. The minimum absolute atomic E-state index is 0.0523. The maximum Gasteiger partial charge on any atom is 0.389 e. The van der Waals surface area contributed by atoms with Gasteiger partial charge in [-0.2, -0.15) is 13.2 Å². The van der Waals surface area contributed by atoms with Gasteiger partial charge in [-0.05, 0) is 31.9 Å². The number of anilines is 1. The highest BCUT2D eigenvalue weighted by Gasteiger charge is 2.32.